The molecule has 1 aromatic carbocycles. The number of methoxy groups -OCH3 is 1. The lowest BCUT2D eigenvalue weighted by Crippen LogP contribution is -2.56. The summed E-state index contributed by atoms with van der Waals surface area (Å²) in [6, 6.07) is 6.19. The van der Waals surface area contributed by atoms with Crippen LogP contribution in [-0.4, -0.2) is 63.2 Å². The van der Waals surface area contributed by atoms with E-state index in [0.29, 0.717) is 0 Å². The quantitative estimate of drug-likeness (QED) is 0.761. The van der Waals surface area contributed by atoms with E-state index in [4.69, 9.17) is 4.74 Å². The lowest BCUT2D eigenvalue weighted by atomic mass is 9.77. The van der Waals surface area contributed by atoms with Gasteiger partial charge in [-0.05, 0) is 30.5 Å². The number of hydrogen-bond donors (Lipinski definition) is 0. The predicted molar refractivity (Wildman–Crippen MR) is 97.6 cm³/mol. The fourth-order valence-electron chi connectivity index (χ4n) is 4.40. The number of carbonyl (C=O) groups is 2. The zero-order chi connectivity index (χ0) is 18.3. The van der Waals surface area contributed by atoms with E-state index < -0.39 is 5.54 Å². The Bertz CT molecular complexity index is 844. The van der Waals surface area contributed by atoms with Crippen LogP contribution in [-0.2, 0) is 20.9 Å². The number of esters is 1. The highest BCUT2D eigenvalue weighted by molar-refractivity contribution is 7.00. The van der Waals surface area contributed by atoms with Crippen LogP contribution in [0.2, 0.25) is 0 Å². The van der Waals surface area contributed by atoms with Gasteiger partial charge in [0.2, 0.25) is 5.91 Å². The van der Waals surface area contributed by atoms with Gasteiger partial charge in [0.15, 0.2) is 0 Å². The third-order valence-corrected chi connectivity index (χ3v) is 6.56. The van der Waals surface area contributed by atoms with E-state index in [0.717, 1.165) is 43.5 Å². The minimum Gasteiger partial charge on any atom is -0.469 e. The van der Waals surface area contributed by atoms with Crippen molar-refractivity contribution in [2.24, 2.45) is 5.92 Å². The third kappa shape index (κ3) is 2.77. The van der Waals surface area contributed by atoms with E-state index in [-0.39, 0.29) is 24.2 Å². The number of carbonyl (C=O) groups excluding carboxylic acids is 2. The molecule has 3 heterocycles. The van der Waals surface area contributed by atoms with Gasteiger partial charge in [0.25, 0.3) is 0 Å². The van der Waals surface area contributed by atoms with Crippen LogP contribution in [0.25, 0.3) is 11.0 Å². The summed E-state index contributed by atoms with van der Waals surface area (Å²) in [6.45, 7) is 2.53. The Morgan fingerprint density at radius 2 is 2.04 bits per heavy atom. The number of likely N-dealkylation sites (tertiary alicyclic amines) is 2. The lowest BCUT2D eigenvalue weighted by molar-refractivity contribution is -0.149. The highest BCUT2D eigenvalue weighted by Crippen LogP contribution is 2.43. The maximum atomic E-state index is 12.2. The Hall–Kier alpha value is -2.06. The van der Waals surface area contributed by atoms with Gasteiger partial charge in [-0.1, -0.05) is 6.07 Å². The van der Waals surface area contributed by atoms with Gasteiger partial charge < -0.3 is 9.64 Å². The van der Waals surface area contributed by atoms with Gasteiger partial charge in [-0.15, -0.1) is 0 Å². The predicted octanol–water partition coefficient (Wildman–Crippen LogP) is 1.68. The number of piperidine rings is 1. The normalized spacial score (nSPS) is 23.1. The summed E-state index contributed by atoms with van der Waals surface area (Å²) >= 11 is 1.23. The van der Waals surface area contributed by atoms with Crippen molar-refractivity contribution < 1.29 is 14.3 Å². The van der Waals surface area contributed by atoms with Crippen molar-refractivity contribution >= 4 is 34.6 Å². The summed E-state index contributed by atoms with van der Waals surface area (Å²) < 4.78 is 13.5. The van der Waals surface area contributed by atoms with Gasteiger partial charge in [0, 0.05) is 33.1 Å². The summed E-state index contributed by atoms with van der Waals surface area (Å²) in [4.78, 5) is 28.6. The van der Waals surface area contributed by atoms with Crippen molar-refractivity contribution in [3.63, 3.8) is 0 Å². The molecule has 2 fully saturated rings. The second-order valence-corrected chi connectivity index (χ2v) is 7.73. The molecule has 1 amide bonds. The van der Waals surface area contributed by atoms with Crippen molar-refractivity contribution in [1.29, 1.82) is 0 Å². The molecule has 7 nitrogen and oxygen atoms in total. The minimum absolute atomic E-state index is 0.0373. The van der Waals surface area contributed by atoms with E-state index in [1.54, 1.807) is 4.90 Å². The number of nitrogens with zero attached hydrogens (tertiary/aromatic N) is 4. The molecule has 2 aromatic rings. The van der Waals surface area contributed by atoms with Gasteiger partial charge in [-0.3, -0.25) is 14.5 Å². The molecule has 0 saturated carbocycles. The molecule has 26 heavy (non-hydrogen) atoms. The molecule has 2 aliphatic heterocycles. The molecule has 0 N–H and O–H groups in total. The number of ether oxygens (including phenoxy) is 1. The van der Waals surface area contributed by atoms with Gasteiger partial charge in [0.05, 0.1) is 30.3 Å². The number of hydrogen-bond acceptors (Lipinski definition) is 7. The molecule has 138 valence electrons. The zero-order valence-electron chi connectivity index (χ0n) is 15.0. The van der Waals surface area contributed by atoms with Crippen molar-refractivity contribution in [3.8, 4) is 0 Å². The van der Waals surface area contributed by atoms with Crippen LogP contribution in [0.3, 0.4) is 0 Å². The fraction of sp³-hybridized carbons (Fsp3) is 0.556. The molecule has 2 aliphatic rings. The van der Waals surface area contributed by atoms with Gasteiger partial charge in [-0.2, -0.15) is 8.75 Å². The summed E-state index contributed by atoms with van der Waals surface area (Å²) in [7, 11) is 3.22. The molecule has 1 unspecified atom stereocenters. The number of amides is 1. The van der Waals surface area contributed by atoms with Crippen molar-refractivity contribution in [2.45, 2.75) is 31.3 Å². The summed E-state index contributed by atoms with van der Waals surface area (Å²) in [5, 5.41) is 0. The molecule has 8 heteroatoms. The first kappa shape index (κ1) is 17.4. The Morgan fingerprint density at radius 3 is 2.77 bits per heavy atom. The van der Waals surface area contributed by atoms with Crippen LogP contribution in [0.15, 0.2) is 18.2 Å². The van der Waals surface area contributed by atoms with Crippen molar-refractivity contribution in [3.05, 3.63) is 23.8 Å². The molecular weight excluding hydrogens is 352 g/mol. The second-order valence-electron chi connectivity index (χ2n) is 7.20. The lowest BCUT2D eigenvalue weighted by Gasteiger charge is -2.45. The molecule has 1 atom stereocenters. The molecule has 2 saturated heterocycles. The molecule has 1 aromatic heterocycles. The van der Waals surface area contributed by atoms with Crippen LogP contribution >= 0.6 is 11.7 Å². The molecular formula is C18H22N4O3S. The first-order chi connectivity index (χ1) is 12.5. The van der Waals surface area contributed by atoms with Crippen LogP contribution in [0.1, 0.15) is 24.8 Å². The fourth-order valence-corrected chi connectivity index (χ4v) is 4.91. The van der Waals surface area contributed by atoms with Gasteiger partial charge in [0.1, 0.15) is 11.0 Å². The topological polar surface area (TPSA) is 75.6 Å². The smallest absolute Gasteiger partial charge is 0.311 e. The highest BCUT2D eigenvalue weighted by atomic mass is 32.1. The average Bonchev–Trinajstić information content (AvgIpc) is 3.21. The number of fused-ring (bicyclic) bond motifs is 1. The summed E-state index contributed by atoms with van der Waals surface area (Å²) in [6.07, 6.45) is 1.84. The first-order valence-electron chi connectivity index (χ1n) is 8.81. The second kappa shape index (κ2) is 6.59. The average molecular weight is 374 g/mol. The number of rotatable bonds is 3. The van der Waals surface area contributed by atoms with Crippen LogP contribution in [0.4, 0.5) is 0 Å². The van der Waals surface area contributed by atoms with E-state index in [2.05, 4.69) is 25.8 Å². The summed E-state index contributed by atoms with van der Waals surface area (Å²) in [5.41, 5.74) is 2.68. The molecule has 0 aliphatic carbocycles. The van der Waals surface area contributed by atoms with Gasteiger partial charge in [-0.25, -0.2) is 0 Å². The minimum atomic E-state index is -0.399. The molecule has 1 spiro atoms. The van der Waals surface area contributed by atoms with Crippen molar-refractivity contribution in [1.82, 2.24) is 18.5 Å². The van der Waals surface area contributed by atoms with Gasteiger partial charge >= 0.3 is 5.97 Å². The summed E-state index contributed by atoms with van der Waals surface area (Å²) in [5.74, 6) is -0.586. The standard InChI is InChI=1S/C18H22N4O3S/c1-21-16(23)10-13(17(24)25-2)18(21)5-7-22(8-6-18)11-12-3-4-14-15(9-12)20-26-19-14/h3-4,9,13H,5-8,10-11H2,1-2H3. The molecule has 4 rings (SSSR count). The Balaban J connectivity index is 1.47. The maximum Gasteiger partial charge on any atom is 0.311 e. The Labute approximate surface area is 156 Å². The van der Waals surface area contributed by atoms with E-state index in [1.807, 2.05) is 13.1 Å². The molecule has 0 bridgehead atoms. The van der Waals surface area contributed by atoms with Crippen LogP contribution in [0, 0.1) is 5.92 Å². The molecule has 0 radical (unpaired) electrons. The first-order valence-corrected chi connectivity index (χ1v) is 9.54. The van der Waals surface area contributed by atoms with E-state index in [1.165, 1.54) is 24.4 Å². The van der Waals surface area contributed by atoms with Crippen LogP contribution in [0.5, 0.6) is 0 Å². The van der Waals surface area contributed by atoms with Crippen LogP contribution < -0.4 is 0 Å². The number of benzene rings is 1. The van der Waals surface area contributed by atoms with Crippen molar-refractivity contribution in [2.75, 3.05) is 27.2 Å². The monoisotopic (exact) mass is 374 g/mol. The SMILES string of the molecule is COC(=O)C1CC(=O)N(C)C12CCN(Cc1ccc3nsnc3c1)CC2. The maximum absolute atomic E-state index is 12.2. The highest BCUT2D eigenvalue weighted by Gasteiger charge is 2.55. The van der Waals surface area contributed by atoms with E-state index in [9.17, 15) is 9.59 Å². The number of aromatic nitrogens is 2. The zero-order valence-corrected chi connectivity index (χ0v) is 15.8. The Kier molecular flexibility index (Phi) is 4.40. The Morgan fingerprint density at radius 1 is 1.31 bits per heavy atom. The largest absolute Gasteiger partial charge is 0.469 e. The van der Waals surface area contributed by atoms with E-state index >= 15 is 0 Å². The third-order valence-electron chi connectivity index (χ3n) is 6.00.